The summed E-state index contributed by atoms with van der Waals surface area (Å²) in [6.45, 7) is 0. The van der Waals surface area contributed by atoms with Gasteiger partial charge in [0, 0.05) is 16.9 Å². The summed E-state index contributed by atoms with van der Waals surface area (Å²) < 4.78 is 0.704. The van der Waals surface area contributed by atoms with Crippen molar-refractivity contribution in [2.75, 3.05) is 5.32 Å². The molecule has 0 bridgehead atoms. The van der Waals surface area contributed by atoms with E-state index in [1.165, 1.54) is 12.4 Å². The van der Waals surface area contributed by atoms with Gasteiger partial charge in [0.1, 0.15) is 17.5 Å². The van der Waals surface area contributed by atoms with E-state index >= 15 is 0 Å². The molecule has 0 saturated carbocycles. The van der Waals surface area contributed by atoms with Crippen LogP contribution in [0.1, 0.15) is 15.9 Å². The van der Waals surface area contributed by atoms with Gasteiger partial charge < -0.3 is 5.32 Å². The molecule has 2 N–H and O–H groups in total. The molecule has 2 aromatic rings. The van der Waals surface area contributed by atoms with Crippen LogP contribution in [-0.2, 0) is 0 Å². The number of halogens is 1. The zero-order valence-corrected chi connectivity index (χ0v) is 10.0. The summed E-state index contributed by atoms with van der Waals surface area (Å²) in [4.78, 5) is 15.7. The first kappa shape index (κ1) is 11.3. The predicted molar refractivity (Wildman–Crippen MR) is 63.2 cm³/mol. The maximum atomic E-state index is 11.8. The lowest BCUT2D eigenvalue weighted by molar-refractivity contribution is 0.102. The van der Waals surface area contributed by atoms with Crippen LogP contribution < -0.4 is 5.32 Å². The number of amides is 1. The normalized spacial score (nSPS) is 9.65. The fourth-order valence-corrected chi connectivity index (χ4v) is 1.55. The van der Waals surface area contributed by atoms with Crippen molar-refractivity contribution in [3.05, 3.63) is 40.3 Å². The van der Waals surface area contributed by atoms with Crippen LogP contribution in [0, 0.1) is 11.3 Å². The van der Waals surface area contributed by atoms with E-state index in [-0.39, 0.29) is 17.3 Å². The van der Waals surface area contributed by atoms with Crippen molar-refractivity contribution in [2.24, 2.45) is 0 Å². The number of nitrogens with one attached hydrogen (secondary N) is 2. The van der Waals surface area contributed by atoms with Crippen molar-refractivity contribution in [1.29, 1.82) is 5.26 Å². The third-order valence-electron chi connectivity index (χ3n) is 1.97. The van der Waals surface area contributed by atoms with Crippen molar-refractivity contribution in [1.82, 2.24) is 15.2 Å². The van der Waals surface area contributed by atoms with Crippen LogP contribution in [0.5, 0.6) is 0 Å². The molecule has 2 rings (SSSR count). The minimum Gasteiger partial charge on any atom is -0.306 e. The molecule has 84 valence electrons. The molecule has 2 heterocycles. The molecule has 0 atom stereocenters. The molecular weight excluding hydrogens is 286 g/mol. The van der Waals surface area contributed by atoms with Crippen LogP contribution in [0.15, 0.2) is 29.1 Å². The molecule has 1 amide bonds. The summed E-state index contributed by atoms with van der Waals surface area (Å²) in [5.74, 6) is -0.0861. The Morgan fingerprint density at radius 3 is 3.00 bits per heavy atom. The zero-order chi connectivity index (χ0) is 12.3. The third-order valence-corrected chi connectivity index (χ3v) is 2.40. The number of H-pyrrole nitrogens is 1. The van der Waals surface area contributed by atoms with Gasteiger partial charge in [0.2, 0.25) is 0 Å². The molecule has 0 unspecified atom stereocenters. The maximum Gasteiger partial charge on any atom is 0.258 e. The molecule has 6 nitrogen and oxygen atoms in total. The van der Waals surface area contributed by atoms with E-state index in [2.05, 4.69) is 36.4 Å². The lowest BCUT2D eigenvalue weighted by atomic mass is 10.2. The quantitative estimate of drug-likeness (QED) is 0.880. The van der Waals surface area contributed by atoms with Crippen molar-refractivity contribution in [3.8, 4) is 6.07 Å². The number of carbonyl (C=O) groups excluding carboxylic acids is 1. The summed E-state index contributed by atoms with van der Waals surface area (Å²) in [5, 5.41) is 17.5. The lowest BCUT2D eigenvalue weighted by Crippen LogP contribution is -2.13. The molecule has 0 aliphatic rings. The average molecular weight is 292 g/mol. The van der Waals surface area contributed by atoms with Crippen molar-refractivity contribution < 1.29 is 4.79 Å². The summed E-state index contributed by atoms with van der Waals surface area (Å²) in [5.41, 5.74) is 0.666. The highest BCUT2D eigenvalue weighted by Crippen LogP contribution is 2.13. The fourth-order valence-electron chi connectivity index (χ4n) is 1.19. The summed E-state index contributed by atoms with van der Waals surface area (Å²) in [7, 11) is 0. The van der Waals surface area contributed by atoms with E-state index in [1.54, 1.807) is 12.3 Å². The van der Waals surface area contributed by atoms with Crippen LogP contribution >= 0.6 is 15.9 Å². The van der Waals surface area contributed by atoms with Gasteiger partial charge in [-0.2, -0.15) is 10.4 Å². The second-order valence-corrected chi connectivity index (χ2v) is 4.03. The van der Waals surface area contributed by atoms with E-state index in [4.69, 9.17) is 5.26 Å². The maximum absolute atomic E-state index is 11.8. The molecular formula is C10H6BrN5O. The van der Waals surface area contributed by atoms with Crippen molar-refractivity contribution in [3.63, 3.8) is 0 Å². The van der Waals surface area contributed by atoms with Gasteiger partial charge in [-0.25, -0.2) is 0 Å². The molecule has 0 aliphatic carbocycles. The van der Waals surface area contributed by atoms with Crippen LogP contribution in [-0.4, -0.2) is 21.1 Å². The standard InChI is InChI=1S/C10H6BrN5O/c11-8-1-6(3-13-5-8)10(17)15-9-7(2-12)4-14-16-9/h1,3-5H,(H2,14,15,16,17). The molecule has 0 spiro atoms. The molecule has 0 aliphatic heterocycles. The first-order chi connectivity index (χ1) is 8.20. The smallest absolute Gasteiger partial charge is 0.258 e. The number of hydrogen-bond donors (Lipinski definition) is 2. The summed E-state index contributed by atoms with van der Waals surface area (Å²) in [6, 6.07) is 3.54. The molecule has 17 heavy (non-hydrogen) atoms. The molecule has 2 aromatic heterocycles. The van der Waals surface area contributed by atoms with E-state index in [9.17, 15) is 4.79 Å². The Balaban J connectivity index is 2.21. The van der Waals surface area contributed by atoms with Crippen LogP contribution in [0.25, 0.3) is 0 Å². The average Bonchev–Trinajstić information content (AvgIpc) is 2.76. The van der Waals surface area contributed by atoms with E-state index in [1.807, 2.05) is 6.07 Å². The van der Waals surface area contributed by atoms with E-state index in [0.29, 0.717) is 10.0 Å². The Morgan fingerprint density at radius 1 is 1.47 bits per heavy atom. The Labute approximate surface area is 105 Å². The van der Waals surface area contributed by atoms with E-state index < -0.39 is 0 Å². The van der Waals surface area contributed by atoms with Crippen molar-refractivity contribution in [2.45, 2.75) is 0 Å². The zero-order valence-electron chi connectivity index (χ0n) is 8.44. The van der Waals surface area contributed by atoms with Crippen LogP contribution in [0.2, 0.25) is 0 Å². The molecule has 7 heteroatoms. The fraction of sp³-hybridized carbons (Fsp3) is 0. The summed E-state index contributed by atoms with van der Waals surface area (Å²) >= 11 is 3.22. The second-order valence-electron chi connectivity index (χ2n) is 3.12. The molecule has 0 saturated heterocycles. The first-order valence-electron chi connectivity index (χ1n) is 4.56. The third kappa shape index (κ3) is 2.49. The Morgan fingerprint density at radius 2 is 2.29 bits per heavy atom. The van der Waals surface area contributed by atoms with Gasteiger partial charge in [0.05, 0.1) is 11.8 Å². The summed E-state index contributed by atoms with van der Waals surface area (Å²) in [6.07, 6.45) is 4.35. The van der Waals surface area contributed by atoms with Gasteiger partial charge in [-0.15, -0.1) is 0 Å². The number of nitrogens with zero attached hydrogens (tertiary/aromatic N) is 3. The second kappa shape index (κ2) is 4.76. The monoisotopic (exact) mass is 291 g/mol. The van der Waals surface area contributed by atoms with Gasteiger partial charge in [0.25, 0.3) is 5.91 Å². The highest BCUT2D eigenvalue weighted by atomic mass is 79.9. The van der Waals surface area contributed by atoms with Crippen molar-refractivity contribution >= 4 is 27.7 Å². The number of nitriles is 1. The highest BCUT2D eigenvalue weighted by Gasteiger charge is 2.11. The molecule has 0 aromatic carbocycles. The number of aromatic nitrogens is 3. The highest BCUT2D eigenvalue weighted by molar-refractivity contribution is 9.10. The minimum atomic E-state index is -0.362. The minimum absolute atomic E-state index is 0.275. The Kier molecular flexibility index (Phi) is 3.16. The number of hydrogen-bond acceptors (Lipinski definition) is 4. The Bertz CT molecular complexity index is 601. The van der Waals surface area contributed by atoms with Gasteiger partial charge in [-0.3, -0.25) is 14.9 Å². The topological polar surface area (TPSA) is 94.5 Å². The Hall–Kier alpha value is -2.20. The number of anilines is 1. The molecule has 0 fully saturated rings. The number of rotatable bonds is 2. The van der Waals surface area contributed by atoms with Gasteiger partial charge in [0.15, 0.2) is 0 Å². The first-order valence-corrected chi connectivity index (χ1v) is 5.35. The number of carbonyl (C=O) groups is 1. The van der Waals surface area contributed by atoms with E-state index in [0.717, 1.165) is 0 Å². The van der Waals surface area contributed by atoms with Crippen LogP contribution in [0.3, 0.4) is 0 Å². The van der Waals surface area contributed by atoms with Gasteiger partial charge in [-0.05, 0) is 22.0 Å². The van der Waals surface area contributed by atoms with Gasteiger partial charge in [-0.1, -0.05) is 0 Å². The predicted octanol–water partition coefficient (Wildman–Crippen LogP) is 1.69. The molecule has 0 radical (unpaired) electrons. The SMILES string of the molecule is N#Cc1cn[nH]c1NC(=O)c1cncc(Br)c1. The van der Waals surface area contributed by atoms with Gasteiger partial charge >= 0.3 is 0 Å². The largest absolute Gasteiger partial charge is 0.306 e. The van der Waals surface area contributed by atoms with Crippen LogP contribution in [0.4, 0.5) is 5.82 Å². The number of pyridine rings is 1. The number of aromatic amines is 1. The lowest BCUT2D eigenvalue weighted by Gasteiger charge is -2.02.